The van der Waals surface area contributed by atoms with Gasteiger partial charge in [-0.1, -0.05) is 17.7 Å². The van der Waals surface area contributed by atoms with Crippen LogP contribution in [0.1, 0.15) is 36.0 Å². The fourth-order valence-electron chi connectivity index (χ4n) is 4.45. The van der Waals surface area contributed by atoms with E-state index < -0.39 is 16.1 Å². The van der Waals surface area contributed by atoms with Crippen LogP contribution in [-0.2, 0) is 14.8 Å². The number of sulfonamides is 1. The lowest BCUT2D eigenvalue weighted by molar-refractivity contribution is -0.119. The zero-order chi connectivity index (χ0) is 22.2. The molecule has 0 aliphatic carbocycles. The number of ether oxygens (including phenoxy) is 2. The molecule has 1 amide bonds. The van der Waals surface area contributed by atoms with Gasteiger partial charge in [-0.3, -0.25) is 4.79 Å². The summed E-state index contributed by atoms with van der Waals surface area (Å²) >= 11 is 0. The average molecular weight is 445 g/mol. The molecule has 2 heterocycles. The number of nitrogens with one attached hydrogen (secondary N) is 1. The summed E-state index contributed by atoms with van der Waals surface area (Å²) in [5.41, 5.74) is 2.97. The molecule has 166 valence electrons. The predicted octanol–water partition coefficient (Wildman–Crippen LogP) is 3.56. The summed E-state index contributed by atoms with van der Waals surface area (Å²) in [6, 6.07) is 8.21. The number of carbonyl (C=O) groups excluding carboxylic acids is 1. The molecule has 0 spiro atoms. The number of nitrogens with zero attached hydrogens (tertiary/aromatic N) is 1. The van der Waals surface area contributed by atoms with Crippen molar-refractivity contribution < 1.29 is 22.7 Å². The van der Waals surface area contributed by atoms with E-state index in [-0.39, 0.29) is 5.91 Å². The lowest BCUT2D eigenvalue weighted by Crippen LogP contribution is -2.43. The summed E-state index contributed by atoms with van der Waals surface area (Å²) in [6.07, 6.45) is 1.92. The highest BCUT2D eigenvalue weighted by Crippen LogP contribution is 2.34. The molecular weight excluding hydrogens is 416 g/mol. The van der Waals surface area contributed by atoms with Gasteiger partial charge in [-0.15, -0.1) is 0 Å². The first-order valence-electron chi connectivity index (χ1n) is 10.6. The van der Waals surface area contributed by atoms with E-state index in [0.29, 0.717) is 65.8 Å². The van der Waals surface area contributed by atoms with E-state index in [1.165, 1.54) is 4.31 Å². The fraction of sp³-hybridized carbons (Fsp3) is 0.435. The Labute approximate surface area is 183 Å². The Bertz CT molecular complexity index is 1090. The number of fused-ring (bicyclic) bond motifs is 1. The Morgan fingerprint density at radius 3 is 2.39 bits per heavy atom. The van der Waals surface area contributed by atoms with Crippen LogP contribution in [0.2, 0.25) is 0 Å². The lowest BCUT2D eigenvalue weighted by atomic mass is 10.1. The van der Waals surface area contributed by atoms with E-state index in [4.69, 9.17) is 9.47 Å². The second-order valence-electron chi connectivity index (χ2n) is 8.20. The van der Waals surface area contributed by atoms with Crippen molar-refractivity contribution >= 4 is 21.6 Å². The molecule has 0 aromatic heterocycles. The van der Waals surface area contributed by atoms with Crippen LogP contribution in [0.15, 0.2) is 35.2 Å². The molecule has 2 aliphatic heterocycles. The molecule has 7 nitrogen and oxygen atoms in total. The summed E-state index contributed by atoms with van der Waals surface area (Å²) in [6.45, 7) is 7.01. The molecule has 1 atom stereocenters. The maximum absolute atomic E-state index is 13.5. The normalized spacial score (nSPS) is 19.1. The first kappa shape index (κ1) is 21.6. The second kappa shape index (κ2) is 8.51. The van der Waals surface area contributed by atoms with Crippen LogP contribution < -0.4 is 14.8 Å². The zero-order valence-electron chi connectivity index (χ0n) is 18.1. The van der Waals surface area contributed by atoms with Gasteiger partial charge in [-0.2, -0.15) is 4.31 Å². The number of anilines is 1. The Hall–Kier alpha value is -2.58. The third kappa shape index (κ3) is 4.27. The van der Waals surface area contributed by atoms with Crippen LogP contribution in [0.3, 0.4) is 0 Å². The average Bonchev–Trinajstić information content (AvgIpc) is 3.08. The Balaban J connectivity index is 1.57. The number of aryl methyl sites for hydroxylation is 3. The van der Waals surface area contributed by atoms with Gasteiger partial charge in [0.1, 0.15) is 6.04 Å². The molecule has 2 aliphatic rings. The highest BCUT2D eigenvalue weighted by molar-refractivity contribution is 7.89. The van der Waals surface area contributed by atoms with Gasteiger partial charge < -0.3 is 14.8 Å². The van der Waals surface area contributed by atoms with E-state index >= 15 is 0 Å². The first-order chi connectivity index (χ1) is 14.8. The quantitative estimate of drug-likeness (QED) is 0.779. The lowest BCUT2D eigenvalue weighted by Gasteiger charge is -2.25. The van der Waals surface area contributed by atoms with Gasteiger partial charge >= 0.3 is 0 Å². The van der Waals surface area contributed by atoms with Gasteiger partial charge in [0.15, 0.2) is 11.5 Å². The van der Waals surface area contributed by atoms with Crippen LogP contribution >= 0.6 is 0 Å². The summed E-state index contributed by atoms with van der Waals surface area (Å²) in [7, 11) is -3.79. The fourth-order valence-corrected chi connectivity index (χ4v) is 6.52. The van der Waals surface area contributed by atoms with Gasteiger partial charge in [0.25, 0.3) is 0 Å². The molecule has 0 bridgehead atoms. The van der Waals surface area contributed by atoms with Gasteiger partial charge in [-0.25, -0.2) is 8.42 Å². The summed E-state index contributed by atoms with van der Waals surface area (Å²) in [4.78, 5) is 13.4. The van der Waals surface area contributed by atoms with Gasteiger partial charge in [0, 0.05) is 24.7 Å². The van der Waals surface area contributed by atoms with Crippen molar-refractivity contribution in [2.75, 3.05) is 25.1 Å². The highest BCUT2D eigenvalue weighted by atomic mass is 32.2. The van der Waals surface area contributed by atoms with E-state index in [0.717, 1.165) is 12.0 Å². The SMILES string of the molecule is Cc1cc(C)c(S(=O)(=O)N2CCCC2C(=O)Nc2ccc3c(c2)OCCCO3)c(C)c1. The summed E-state index contributed by atoms with van der Waals surface area (Å²) in [5.74, 6) is 0.890. The maximum atomic E-state index is 13.5. The monoisotopic (exact) mass is 444 g/mol. The minimum atomic E-state index is -3.79. The van der Waals surface area contributed by atoms with E-state index in [2.05, 4.69) is 5.32 Å². The third-order valence-corrected chi connectivity index (χ3v) is 7.91. The largest absolute Gasteiger partial charge is 0.490 e. The van der Waals surface area contributed by atoms with E-state index in [9.17, 15) is 13.2 Å². The van der Waals surface area contributed by atoms with Gasteiger partial charge in [0.2, 0.25) is 15.9 Å². The van der Waals surface area contributed by atoms with Gasteiger partial charge in [-0.05, 0) is 56.9 Å². The maximum Gasteiger partial charge on any atom is 0.244 e. The number of benzene rings is 2. The predicted molar refractivity (Wildman–Crippen MR) is 118 cm³/mol. The molecule has 31 heavy (non-hydrogen) atoms. The molecular formula is C23H28N2O5S. The number of amides is 1. The minimum absolute atomic E-state index is 0.299. The van der Waals surface area contributed by atoms with Crippen molar-refractivity contribution in [3.63, 3.8) is 0 Å². The molecule has 8 heteroatoms. The standard InChI is InChI=1S/C23H28N2O5S/c1-15-12-16(2)22(17(3)13-15)31(27,28)25-9-4-6-19(25)23(26)24-18-7-8-20-21(14-18)30-11-5-10-29-20/h7-8,12-14,19H,4-6,9-11H2,1-3H3,(H,24,26). The second-order valence-corrected chi connectivity index (χ2v) is 10.0. The molecule has 1 fully saturated rings. The smallest absolute Gasteiger partial charge is 0.244 e. The summed E-state index contributed by atoms with van der Waals surface area (Å²) in [5, 5.41) is 2.87. The number of rotatable bonds is 4. The highest BCUT2D eigenvalue weighted by Gasteiger charge is 2.40. The van der Waals surface area contributed by atoms with Crippen molar-refractivity contribution in [2.45, 2.75) is 51.0 Å². The Morgan fingerprint density at radius 1 is 1.00 bits per heavy atom. The topological polar surface area (TPSA) is 84.9 Å². The van der Waals surface area contributed by atoms with E-state index in [1.54, 1.807) is 32.0 Å². The Morgan fingerprint density at radius 2 is 1.68 bits per heavy atom. The molecule has 2 aromatic carbocycles. The third-order valence-electron chi connectivity index (χ3n) is 5.69. The molecule has 0 saturated carbocycles. The number of hydrogen-bond acceptors (Lipinski definition) is 5. The van der Waals surface area contributed by atoms with Crippen molar-refractivity contribution in [1.29, 1.82) is 0 Å². The van der Waals surface area contributed by atoms with Crippen molar-refractivity contribution in [3.8, 4) is 11.5 Å². The van der Waals surface area contributed by atoms with Crippen LogP contribution in [0.5, 0.6) is 11.5 Å². The number of carbonyl (C=O) groups is 1. The van der Waals surface area contributed by atoms with Crippen molar-refractivity contribution in [2.24, 2.45) is 0 Å². The van der Waals surface area contributed by atoms with Crippen molar-refractivity contribution in [3.05, 3.63) is 47.0 Å². The van der Waals surface area contributed by atoms with Crippen LogP contribution in [-0.4, -0.2) is 44.4 Å². The molecule has 2 aromatic rings. The van der Waals surface area contributed by atoms with Crippen LogP contribution in [0, 0.1) is 20.8 Å². The Kier molecular flexibility index (Phi) is 5.94. The molecule has 0 radical (unpaired) electrons. The van der Waals surface area contributed by atoms with Crippen LogP contribution in [0.25, 0.3) is 0 Å². The number of hydrogen-bond donors (Lipinski definition) is 1. The molecule has 1 N–H and O–H groups in total. The molecule has 4 rings (SSSR count). The van der Waals surface area contributed by atoms with Gasteiger partial charge in [0.05, 0.1) is 18.1 Å². The summed E-state index contributed by atoms with van der Waals surface area (Å²) < 4.78 is 39.6. The molecule has 1 unspecified atom stereocenters. The zero-order valence-corrected chi connectivity index (χ0v) is 18.9. The van der Waals surface area contributed by atoms with Crippen molar-refractivity contribution in [1.82, 2.24) is 4.31 Å². The van der Waals surface area contributed by atoms with E-state index in [1.807, 2.05) is 19.1 Å². The first-order valence-corrected chi connectivity index (χ1v) is 12.0. The molecule has 1 saturated heterocycles. The van der Waals surface area contributed by atoms with Crippen LogP contribution in [0.4, 0.5) is 5.69 Å². The minimum Gasteiger partial charge on any atom is -0.490 e.